The van der Waals surface area contributed by atoms with Gasteiger partial charge in [-0.1, -0.05) is 11.6 Å². The average molecular weight is 285 g/mol. The molecule has 0 amide bonds. The van der Waals surface area contributed by atoms with Gasteiger partial charge < -0.3 is 10.9 Å². The predicted molar refractivity (Wildman–Crippen MR) is 71.9 cm³/mol. The first-order valence-corrected chi connectivity index (χ1v) is 6.26. The summed E-state index contributed by atoms with van der Waals surface area (Å²) in [6, 6.07) is 1.10. The minimum atomic E-state index is -1.25. The molecule has 5 nitrogen and oxygen atoms in total. The molecule has 1 heterocycles. The maximum Gasteiger partial charge on any atom is 0.141 e. The lowest BCUT2D eigenvalue weighted by Gasteiger charge is -2.11. The van der Waals surface area contributed by atoms with Gasteiger partial charge in [-0.2, -0.15) is 5.10 Å². The third-order valence-electron chi connectivity index (χ3n) is 2.84. The van der Waals surface area contributed by atoms with Crippen LogP contribution in [0, 0.1) is 11.7 Å². The fourth-order valence-electron chi connectivity index (χ4n) is 1.56. The second-order valence-corrected chi connectivity index (χ2v) is 4.79. The van der Waals surface area contributed by atoms with Crippen LogP contribution in [0.4, 0.5) is 4.39 Å². The summed E-state index contributed by atoms with van der Waals surface area (Å²) in [5.41, 5.74) is 0.235. The largest absolute Gasteiger partial charge is 0.382 e. The van der Waals surface area contributed by atoms with Crippen LogP contribution in [0.15, 0.2) is 22.4 Å². The lowest BCUT2D eigenvalue weighted by Crippen LogP contribution is -2.17. The van der Waals surface area contributed by atoms with Crippen LogP contribution >= 0.6 is 11.6 Å². The number of hydrogen-bond acceptors (Lipinski definition) is 5. The molecule has 1 aliphatic rings. The maximum absolute atomic E-state index is 13.1. The minimum absolute atomic E-state index is 0.00522. The molecule has 19 heavy (non-hydrogen) atoms. The van der Waals surface area contributed by atoms with E-state index in [9.17, 15) is 9.50 Å². The van der Waals surface area contributed by atoms with E-state index in [0.29, 0.717) is 12.5 Å². The van der Waals surface area contributed by atoms with Crippen LogP contribution in [0.2, 0.25) is 5.15 Å². The summed E-state index contributed by atoms with van der Waals surface area (Å²) in [5, 5.41) is 13.5. The Morgan fingerprint density at radius 3 is 3.05 bits per heavy atom. The molecule has 0 bridgehead atoms. The number of hydrogen-bond donors (Lipinski definition) is 2. The fourth-order valence-corrected chi connectivity index (χ4v) is 1.77. The molecule has 2 rings (SSSR count). The van der Waals surface area contributed by atoms with Gasteiger partial charge in [-0.3, -0.25) is 4.99 Å². The van der Waals surface area contributed by atoms with Crippen LogP contribution in [-0.2, 0) is 0 Å². The van der Waals surface area contributed by atoms with E-state index in [1.54, 1.807) is 0 Å². The van der Waals surface area contributed by atoms with Gasteiger partial charge in [0.1, 0.15) is 22.8 Å². The highest BCUT2D eigenvalue weighted by Gasteiger charge is 2.21. The summed E-state index contributed by atoms with van der Waals surface area (Å²) in [5.74, 6) is 5.24. The number of halogens is 2. The van der Waals surface area contributed by atoms with Gasteiger partial charge in [0.15, 0.2) is 0 Å². The first kappa shape index (κ1) is 13.9. The van der Waals surface area contributed by atoms with Gasteiger partial charge in [-0.25, -0.2) is 9.37 Å². The SMILES string of the molecule is NN=C(C=NCC1CC1)C(O)c1cc(F)cnc1Cl. The first-order valence-electron chi connectivity index (χ1n) is 5.88. The van der Waals surface area contributed by atoms with E-state index >= 15 is 0 Å². The molecule has 0 aromatic carbocycles. The van der Waals surface area contributed by atoms with Crippen LogP contribution < -0.4 is 5.84 Å². The summed E-state index contributed by atoms with van der Waals surface area (Å²) in [6.45, 7) is 0.681. The van der Waals surface area contributed by atoms with Gasteiger partial charge >= 0.3 is 0 Å². The highest BCUT2D eigenvalue weighted by atomic mass is 35.5. The number of rotatable bonds is 5. The van der Waals surface area contributed by atoms with Crippen molar-refractivity contribution in [2.24, 2.45) is 21.9 Å². The van der Waals surface area contributed by atoms with Crippen molar-refractivity contribution >= 4 is 23.5 Å². The second kappa shape index (κ2) is 6.08. The zero-order chi connectivity index (χ0) is 13.8. The molecule has 102 valence electrons. The standard InChI is InChI=1S/C12H14ClFN4O/c13-12-9(3-8(14)5-17-12)11(19)10(18-15)6-16-4-7-1-2-7/h3,5-7,11,19H,1-2,4,15H2. The third-order valence-corrected chi connectivity index (χ3v) is 3.16. The average Bonchev–Trinajstić information content (AvgIpc) is 3.21. The van der Waals surface area contributed by atoms with Crippen molar-refractivity contribution in [3.63, 3.8) is 0 Å². The summed E-state index contributed by atoms with van der Waals surface area (Å²) in [7, 11) is 0. The number of aliphatic hydroxyl groups is 1. The first-order chi connectivity index (χ1) is 9.11. The number of nitrogens with zero attached hydrogens (tertiary/aromatic N) is 3. The van der Waals surface area contributed by atoms with Crippen molar-refractivity contribution in [2.45, 2.75) is 18.9 Å². The maximum atomic E-state index is 13.1. The molecule has 7 heteroatoms. The van der Waals surface area contributed by atoms with E-state index in [0.717, 1.165) is 12.3 Å². The highest BCUT2D eigenvalue weighted by molar-refractivity contribution is 6.34. The number of hydrazone groups is 1. The fraction of sp³-hybridized carbons (Fsp3) is 0.417. The summed E-state index contributed by atoms with van der Waals surface area (Å²) in [4.78, 5) is 7.78. The van der Waals surface area contributed by atoms with Crippen LogP contribution in [0.3, 0.4) is 0 Å². The second-order valence-electron chi connectivity index (χ2n) is 4.43. The van der Waals surface area contributed by atoms with E-state index in [1.807, 2.05) is 0 Å². The van der Waals surface area contributed by atoms with Gasteiger partial charge in [0.2, 0.25) is 0 Å². The molecule has 1 saturated carbocycles. The molecule has 3 N–H and O–H groups in total. The smallest absolute Gasteiger partial charge is 0.141 e. The lowest BCUT2D eigenvalue weighted by molar-refractivity contribution is 0.248. The Hall–Kier alpha value is -1.53. The van der Waals surface area contributed by atoms with Gasteiger partial charge in [0.05, 0.1) is 6.20 Å². The Morgan fingerprint density at radius 1 is 1.68 bits per heavy atom. The van der Waals surface area contributed by atoms with Crippen LogP contribution in [0.5, 0.6) is 0 Å². The lowest BCUT2D eigenvalue weighted by atomic mass is 10.1. The number of aliphatic hydroxyl groups excluding tert-OH is 1. The van der Waals surface area contributed by atoms with E-state index < -0.39 is 11.9 Å². The molecule has 1 aromatic heterocycles. The topological polar surface area (TPSA) is 83.9 Å². The molecule has 1 aliphatic carbocycles. The van der Waals surface area contributed by atoms with E-state index in [2.05, 4.69) is 15.1 Å². The molecule has 1 fully saturated rings. The molecule has 0 aliphatic heterocycles. The van der Waals surface area contributed by atoms with E-state index in [1.165, 1.54) is 19.1 Å². The van der Waals surface area contributed by atoms with Crippen molar-refractivity contribution in [1.82, 2.24) is 4.98 Å². The molecule has 1 aromatic rings. The van der Waals surface area contributed by atoms with Crippen molar-refractivity contribution in [2.75, 3.05) is 6.54 Å². The van der Waals surface area contributed by atoms with Gasteiger partial charge in [0.25, 0.3) is 0 Å². The van der Waals surface area contributed by atoms with Gasteiger partial charge in [-0.15, -0.1) is 0 Å². The van der Waals surface area contributed by atoms with Crippen LogP contribution in [0.25, 0.3) is 0 Å². The molecular formula is C12H14ClFN4O. The molecule has 0 spiro atoms. The van der Waals surface area contributed by atoms with Gasteiger partial charge in [0, 0.05) is 18.3 Å². The Balaban J connectivity index is 2.12. The quantitative estimate of drug-likeness (QED) is 0.374. The molecule has 0 saturated heterocycles. The Kier molecular flexibility index (Phi) is 4.44. The van der Waals surface area contributed by atoms with Crippen LogP contribution in [-0.4, -0.2) is 28.6 Å². The molecule has 1 unspecified atom stereocenters. The number of aliphatic imine (C=N–C) groups is 1. The molecule has 1 atom stereocenters. The summed E-state index contributed by atoms with van der Waals surface area (Å²) >= 11 is 5.81. The number of aromatic nitrogens is 1. The molecule has 0 radical (unpaired) electrons. The summed E-state index contributed by atoms with van der Waals surface area (Å²) in [6.07, 6.45) is 3.47. The Labute approximate surface area is 115 Å². The van der Waals surface area contributed by atoms with E-state index in [4.69, 9.17) is 17.4 Å². The monoisotopic (exact) mass is 284 g/mol. The van der Waals surface area contributed by atoms with E-state index in [-0.39, 0.29) is 16.4 Å². The van der Waals surface area contributed by atoms with Crippen molar-refractivity contribution in [3.05, 3.63) is 28.8 Å². The zero-order valence-corrected chi connectivity index (χ0v) is 10.9. The van der Waals surface area contributed by atoms with Crippen molar-refractivity contribution < 1.29 is 9.50 Å². The van der Waals surface area contributed by atoms with Crippen molar-refractivity contribution in [3.8, 4) is 0 Å². The number of pyridine rings is 1. The minimum Gasteiger partial charge on any atom is -0.382 e. The Bertz CT molecular complexity index is 516. The van der Waals surface area contributed by atoms with Gasteiger partial charge in [-0.05, 0) is 24.8 Å². The highest BCUT2D eigenvalue weighted by Crippen LogP contribution is 2.28. The number of nitrogens with two attached hydrogens (primary N) is 1. The third kappa shape index (κ3) is 3.71. The molecular weight excluding hydrogens is 271 g/mol. The van der Waals surface area contributed by atoms with Crippen molar-refractivity contribution in [1.29, 1.82) is 0 Å². The Morgan fingerprint density at radius 2 is 2.42 bits per heavy atom. The predicted octanol–water partition coefficient (Wildman–Crippen LogP) is 1.70. The van der Waals surface area contributed by atoms with Crippen LogP contribution in [0.1, 0.15) is 24.5 Å². The zero-order valence-electron chi connectivity index (χ0n) is 10.1. The summed E-state index contributed by atoms with van der Waals surface area (Å²) < 4.78 is 13.1. The normalized spacial score (nSPS) is 17.9.